The summed E-state index contributed by atoms with van der Waals surface area (Å²) in [6, 6.07) is 1.86. The first-order valence-corrected chi connectivity index (χ1v) is 14.0. The largest absolute Gasteiger partial charge is 0.507 e. The summed E-state index contributed by atoms with van der Waals surface area (Å²) < 4.78 is 0. The summed E-state index contributed by atoms with van der Waals surface area (Å²) in [6.07, 6.45) is 0.581. The number of benzene rings is 1. The monoisotopic (exact) mass is 584 g/mol. The molecule has 0 bridgehead atoms. The third-order valence-electron chi connectivity index (χ3n) is 8.48. The van der Waals surface area contributed by atoms with Crippen molar-refractivity contribution in [1.29, 1.82) is 0 Å². The number of likely N-dealkylation sites (N-methyl/N-ethyl adjacent to an activating group) is 1. The van der Waals surface area contributed by atoms with Gasteiger partial charge < -0.3 is 25.7 Å². The lowest BCUT2D eigenvalue weighted by atomic mass is 9.52. The first kappa shape index (κ1) is 31.5. The molecule has 2 unspecified atom stereocenters. The van der Waals surface area contributed by atoms with Crippen LogP contribution in [0.4, 0.5) is 0 Å². The number of nitrogens with zero attached hydrogens (tertiary/aromatic N) is 3. The van der Waals surface area contributed by atoms with Crippen LogP contribution in [0, 0.1) is 23.7 Å². The minimum Gasteiger partial charge on any atom is -0.507 e. The van der Waals surface area contributed by atoms with Gasteiger partial charge in [-0.1, -0.05) is 5.16 Å². The molecule has 0 aromatic heterocycles. The number of carbonyl (C=O) groups is 5. The van der Waals surface area contributed by atoms with Crippen LogP contribution in [-0.4, -0.2) is 107 Å². The molecule has 42 heavy (non-hydrogen) atoms. The average Bonchev–Trinajstić information content (AvgIpc) is 2.85. The molecule has 0 saturated heterocycles. The van der Waals surface area contributed by atoms with Crippen molar-refractivity contribution < 1.29 is 39.0 Å². The maximum atomic E-state index is 14.0. The SMILES string of the molecule is CN(C)CCC(=NOC(C)(C)C)c1ccc(O)c2c1C[C@H]1C[C@H]3[C@H](N(C)C)C(=O)C(C(N)=O)C(=O)[C@@]3(O)C(=O)C1C2=O. The molecular formula is C30H40N4O8. The Hall–Kier alpha value is -3.48. The van der Waals surface area contributed by atoms with Gasteiger partial charge >= 0.3 is 0 Å². The number of aliphatic hydroxyl groups is 1. The van der Waals surface area contributed by atoms with Crippen molar-refractivity contribution in [3.63, 3.8) is 0 Å². The molecule has 0 spiro atoms. The number of Topliss-reactive ketones (excluding diaryl/α,β-unsaturated/α-hetero) is 4. The Bertz CT molecular complexity index is 1380. The maximum absolute atomic E-state index is 14.0. The van der Waals surface area contributed by atoms with Crippen molar-refractivity contribution in [2.45, 2.75) is 57.3 Å². The maximum Gasteiger partial charge on any atom is 0.235 e. The van der Waals surface area contributed by atoms with Gasteiger partial charge in [-0.2, -0.15) is 0 Å². The fourth-order valence-corrected chi connectivity index (χ4v) is 6.63. The van der Waals surface area contributed by atoms with Crippen LogP contribution in [0.2, 0.25) is 0 Å². The molecule has 1 aromatic rings. The number of oxime groups is 1. The van der Waals surface area contributed by atoms with E-state index >= 15 is 0 Å². The van der Waals surface area contributed by atoms with Crippen molar-refractivity contribution in [2.24, 2.45) is 34.6 Å². The van der Waals surface area contributed by atoms with E-state index in [9.17, 15) is 34.2 Å². The van der Waals surface area contributed by atoms with E-state index in [0.29, 0.717) is 29.8 Å². The highest BCUT2D eigenvalue weighted by Crippen LogP contribution is 2.51. The van der Waals surface area contributed by atoms with E-state index in [-0.39, 0.29) is 24.2 Å². The Kier molecular flexibility index (Phi) is 8.22. The zero-order chi connectivity index (χ0) is 31.5. The van der Waals surface area contributed by atoms with Crippen molar-refractivity contribution in [3.8, 4) is 5.75 Å². The quantitative estimate of drug-likeness (QED) is 0.230. The number of nitrogens with two attached hydrogens (primary N) is 1. The number of phenols is 1. The Morgan fingerprint density at radius 1 is 1.12 bits per heavy atom. The lowest BCUT2D eigenvalue weighted by Gasteiger charge is -2.52. The average molecular weight is 585 g/mol. The van der Waals surface area contributed by atoms with E-state index in [2.05, 4.69) is 5.16 Å². The van der Waals surface area contributed by atoms with E-state index in [0.717, 1.165) is 0 Å². The van der Waals surface area contributed by atoms with Gasteiger partial charge in [0.15, 0.2) is 34.7 Å². The number of aromatic hydroxyl groups is 1. The first-order valence-electron chi connectivity index (χ1n) is 14.0. The summed E-state index contributed by atoms with van der Waals surface area (Å²) in [6.45, 7) is 6.18. The van der Waals surface area contributed by atoms with Crippen molar-refractivity contribution >= 4 is 34.8 Å². The van der Waals surface area contributed by atoms with E-state index in [1.807, 2.05) is 39.8 Å². The van der Waals surface area contributed by atoms with Gasteiger partial charge in [-0.25, -0.2) is 0 Å². The topological polar surface area (TPSA) is 180 Å². The Morgan fingerprint density at radius 3 is 2.31 bits per heavy atom. The summed E-state index contributed by atoms with van der Waals surface area (Å²) in [5.74, 6) is -10.8. The standard InChI is InChI=1S/C30H40N4O8/c1-29(2,3)42-32-18(10-11-33(4)5)15-8-9-19(35)21-16(15)12-14-13-17-23(34(6)7)25(37)22(28(31)40)27(39)30(17,41)26(38)20(14)24(21)36/h8-9,14,17,20,22-23,35,41H,10-13H2,1-7H3,(H2,31,40)/t14-,17-,20?,22?,23-,30-/m0/s1. The van der Waals surface area contributed by atoms with E-state index < -0.39 is 70.0 Å². The van der Waals surface area contributed by atoms with Gasteiger partial charge in [-0.3, -0.25) is 28.9 Å². The van der Waals surface area contributed by atoms with Crippen LogP contribution < -0.4 is 5.73 Å². The molecule has 6 atom stereocenters. The van der Waals surface area contributed by atoms with E-state index in [1.54, 1.807) is 20.2 Å². The second-order valence-corrected chi connectivity index (χ2v) is 13.1. The molecule has 0 aliphatic heterocycles. The van der Waals surface area contributed by atoms with Gasteiger partial charge in [-0.05, 0) is 85.4 Å². The fraction of sp³-hybridized carbons (Fsp3) is 0.600. The number of hydrogen-bond acceptors (Lipinski definition) is 11. The Labute approximate surface area is 244 Å². The summed E-state index contributed by atoms with van der Waals surface area (Å²) in [4.78, 5) is 76.1. The lowest BCUT2D eigenvalue weighted by molar-refractivity contribution is -0.181. The van der Waals surface area contributed by atoms with Gasteiger partial charge in [0, 0.05) is 24.4 Å². The molecule has 0 heterocycles. The molecule has 2 fully saturated rings. The molecule has 12 nitrogen and oxygen atoms in total. The number of hydrogen-bond donors (Lipinski definition) is 3. The summed E-state index contributed by atoms with van der Waals surface area (Å²) in [5.41, 5.74) is 3.57. The van der Waals surface area contributed by atoms with Gasteiger partial charge in [-0.15, -0.1) is 0 Å². The number of primary amides is 1. The number of amides is 1. The Balaban J connectivity index is 1.85. The van der Waals surface area contributed by atoms with E-state index in [1.165, 1.54) is 11.0 Å². The molecule has 2 saturated carbocycles. The lowest BCUT2D eigenvalue weighted by Crippen LogP contribution is -2.74. The molecule has 12 heteroatoms. The van der Waals surface area contributed by atoms with Crippen molar-refractivity contribution in [3.05, 3.63) is 28.8 Å². The number of fused-ring (bicyclic) bond motifs is 3. The van der Waals surface area contributed by atoms with Crippen LogP contribution in [-0.2, 0) is 30.4 Å². The summed E-state index contributed by atoms with van der Waals surface area (Å²) >= 11 is 0. The second-order valence-electron chi connectivity index (χ2n) is 13.1. The predicted molar refractivity (Wildman–Crippen MR) is 152 cm³/mol. The van der Waals surface area contributed by atoms with E-state index in [4.69, 9.17) is 10.6 Å². The van der Waals surface area contributed by atoms with Gasteiger partial charge in [0.25, 0.3) is 0 Å². The highest BCUT2D eigenvalue weighted by molar-refractivity contribution is 6.32. The number of phenolic OH excluding ortho intramolecular Hbond substituents is 1. The zero-order valence-corrected chi connectivity index (χ0v) is 25.1. The molecule has 3 aliphatic carbocycles. The number of carbonyl (C=O) groups excluding carboxylic acids is 5. The van der Waals surface area contributed by atoms with Crippen molar-refractivity contribution in [2.75, 3.05) is 34.7 Å². The first-order chi connectivity index (χ1) is 19.4. The van der Waals surface area contributed by atoms with Crippen molar-refractivity contribution in [1.82, 2.24) is 9.80 Å². The van der Waals surface area contributed by atoms with Crippen LogP contribution in [0.3, 0.4) is 0 Å². The molecule has 4 rings (SSSR count). The molecular weight excluding hydrogens is 544 g/mol. The summed E-state index contributed by atoms with van der Waals surface area (Å²) in [7, 11) is 6.92. The number of ketones is 4. The second kappa shape index (κ2) is 11.0. The minimum absolute atomic E-state index is 0.0261. The normalized spacial score (nSPS) is 29.9. The smallest absolute Gasteiger partial charge is 0.235 e. The van der Waals surface area contributed by atoms with Gasteiger partial charge in [0.2, 0.25) is 5.91 Å². The molecule has 228 valence electrons. The minimum atomic E-state index is -2.76. The molecule has 4 N–H and O–H groups in total. The van der Waals surface area contributed by atoms with Gasteiger partial charge in [0.05, 0.1) is 23.2 Å². The summed E-state index contributed by atoms with van der Waals surface area (Å²) in [5, 5.41) is 27.0. The third-order valence-corrected chi connectivity index (χ3v) is 8.48. The van der Waals surface area contributed by atoms with Crippen LogP contribution >= 0.6 is 0 Å². The highest BCUT2D eigenvalue weighted by Gasteiger charge is 2.69. The highest BCUT2D eigenvalue weighted by atomic mass is 16.6. The Morgan fingerprint density at radius 2 is 1.76 bits per heavy atom. The van der Waals surface area contributed by atoms with Crippen LogP contribution in [0.15, 0.2) is 17.3 Å². The predicted octanol–water partition coefficient (Wildman–Crippen LogP) is 0.338. The zero-order valence-electron chi connectivity index (χ0n) is 25.1. The van der Waals surface area contributed by atoms with Crippen LogP contribution in [0.5, 0.6) is 5.75 Å². The molecule has 3 aliphatic rings. The number of rotatable bonds is 7. The van der Waals surface area contributed by atoms with Gasteiger partial charge in [0.1, 0.15) is 11.4 Å². The van der Waals surface area contributed by atoms with Crippen LogP contribution in [0.25, 0.3) is 0 Å². The fourth-order valence-electron chi connectivity index (χ4n) is 6.63. The van der Waals surface area contributed by atoms with Crippen LogP contribution in [0.1, 0.15) is 55.1 Å². The molecule has 0 radical (unpaired) electrons. The molecule has 1 aromatic carbocycles. The third kappa shape index (κ3) is 5.16. The molecule has 1 amide bonds.